The normalized spacial score (nSPS) is 10.7. The van der Waals surface area contributed by atoms with Gasteiger partial charge in [-0.15, -0.1) is 0 Å². The van der Waals surface area contributed by atoms with E-state index in [0.29, 0.717) is 28.8 Å². The van der Waals surface area contributed by atoms with Crippen molar-refractivity contribution in [1.82, 2.24) is 14.6 Å². The molecule has 6 heteroatoms. The Kier molecular flexibility index (Phi) is 3.43. The van der Waals surface area contributed by atoms with E-state index in [9.17, 15) is 0 Å². The van der Waals surface area contributed by atoms with Gasteiger partial charge in [-0.3, -0.25) is 0 Å². The Balaban J connectivity index is 1.93. The summed E-state index contributed by atoms with van der Waals surface area (Å²) in [5.41, 5.74) is 1.67. The number of methoxy groups -OCH3 is 1. The van der Waals surface area contributed by atoms with Crippen molar-refractivity contribution in [2.45, 2.75) is 6.61 Å². The van der Waals surface area contributed by atoms with Gasteiger partial charge in [0.25, 0.3) is 0 Å². The van der Waals surface area contributed by atoms with Gasteiger partial charge < -0.3 is 9.47 Å². The molecule has 0 aliphatic carbocycles. The molecule has 0 unspecified atom stereocenters. The van der Waals surface area contributed by atoms with Crippen molar-refractivity contribution in [3.63, 3.8) is 0 Å². The first-order valence-electron chi connectivity index (χ1n) is 6.02. The van der Waals surface area contributed by atoms with Crippen LogP contribution >= 0.6 is 11.6 Å². The first-order chi connectivity index (χ1) is 9.79. The number of rotatable bonds is 4. The van der Waals surface area contributed by atoms with E-state index in [4.69, 9.17) is 21.1 Å². The largest absolute Gasteiger partial charge is 0.491 e. The minimum atomic E-state index is 0.325. The highest BCUT2D eigenvalue weighted by atomic mass is 35.5. The lowest BCUT2D eigenvalue weighted by atomic mass is 10.2. The third-order valence-corrected chi connectivity index (χ3v) is 3.17. The molecule has 0 bridgehead atoms. The summed E-state index contributed by atoms with van der Waals surface area (Å²) in [5, 5.41) is 4.41. The van der Waals surface area contributed by atoms with E-state index in [0.717, 1.165) is 5.56 Å². The quantitative estimate of drug-likeness (QED) is 0.741. The van der Waals surface area contributed by atoms with Crippen molar-refractivity contribution in [3.05, 3.63) is 53.6 Å². The van der Waals surface area contributed by atoms with Crippen LogP contribution in [0.5, 0.6) is 11.5 Å². The van der Waals surface area contributed by atoms with Crippen LogP contribution in [-0.4, -0.2) is 21.7 Å². The zero-order valence-electron chi connectivity index (χ0n) is 10.8. The van der Waals surface area contributed by atoms with Crippen LogP contribution in [0.1, 0.15) is 5.56 Å². The van der Waals surface area contributed by atoms with Crippen LogP contribution in [0.3, 0.4) is 0 Å². The molecule has 0 amide bonds. The second-order valence-corrected chi connectivity index (χ2v) is 4.50. The predicted octanol–water partition coefficient (Wildman–Crippen LogP) is 2.97. The van der Waals surface area contributed by atoms with Gasteiger partial charge in [0, 0.05) is 0 Å². The summed E-state index contributed by atoms with van der Waals surface area (Å²) < 4.78 is 12.7. The van der Waals surface area contributed by atoms with Crippen LogP contribution in [0.15, 0.2) is 42.9 Å². The standard InChI is InChI=1S/C14H12ClN3O2/c1-19-13-11(20-8-10-5-3-2-4-6-10)7-18-12(13)14(15)16-9-17-18/h2-7,9H,8H2,1H3. The molecule has 0 N–H and O–H groups in total. The second kappa shape index (κ2) is 5.38. The zero-order valence-corrected chi connectivity index (χ0v) is 11.5. The summed E-state index contributed by atoms with van der Waals surface area (Å²) in [4.78, 5) is 3.95. The Hall–Kier alpha value is -2.27. The number of benzene rings is 1. The fourth-order valence-corrected chi connectivity index (χ4v) is 2.18. The Labute approximate surface area is 120 Å². The Morgan fingerprint density at radius 3 is 2.80 bits per heavy atom. The van der Waals surface area contributed by atoms with Gasteiger partial charge in [-0.05, 0) is 5.56 Å². The lowest BCUT2D eigenvalue weighted by Gasteiger charge is -2.06. The van der Waals surface area contributed by atoms with Crippen molar-refractivity contribution in [1.29, 1.82) is 0 Å². The number of hydrogen-bond donors (Lipinski definition) is 0. The summed E-state index contributed by atoms with van der Waals surface area (Å²) in [6.45, 7) is 0.444. The summed E-state index contributed by atoms with van der Waals surface area (Å²) >= 11 is 6.06. The Morgan fingerprint density at radius 2 is 2.05 bits per heavy atom. The van der Waals surface area contributed by atoms with Crippen molar-refractivity contribution >= 4 is 17.1 Å². The molecule has 0 atom stereocenters. The average Bonchev–Trinajstić information content (AvgIpc) is 2.85. The number of ether oxygens (including phenoxy) is 2. The van der Waals surface area contributed by atoms with E-state index in [2.05, 4.69) is 10.1 Å². The molecule has 0 saturated heterocycles. The zero-order chi connectivity index (χ0) is 13.9. The maximum Gasteiger partial charge on any atom is 0.191 e. The molecule has 2 aromatic heterocycles. The van der Waals surface area contributed by atoms with E-state index < -0.39 is 0 Å². The van der Waals surface area contributed by atoms with Crippen LogP contribution in [0.4, 0.5) is 0 Å². The van der Waals surface area contributed by atoms with Crippen LogP contribution in [0.25, 0.3) is 5.52 Å². The van der Waals surface area contributed by atoms with Gasteiger partial charge in [0.05, 0.1) is 13.3 Å². The minimum absolute atomic E-state index is 0.325. The number of aromatic nitrogens is 3. The lowest BCUT2D eigenvalue weighted by Crippen LogP contribution is -1.95. The summed E-state index contributed by atoms with van der Waals surface area (Å²) in [5.74, 6) is 1.12. The number of fused-ring (bicyclic) bond motifs is 1. The summed E-state index contributed by atoms with van der Waals surface area (Å²) in [6.07, 6.45) is 3.11. The molecule has 1 aromatic carbocycles. The second-order valence-electron chi connectivity index (χ2n) is 4.14. The van der Waals surface area contributed by atoms with E-state index in [1.165, 1.54) is 6.33 Å². The molecule has 2 heterocycles. The molecular formula is C14H12ClN3O2. The monoisotopic (exact) mass is 289 g/mol. The highest BCUT2D eigenvalue weighted by molar-refractivity contribution is 6.33. The number of halogens is 1. The molecule has 3 rings (SSSR count). The van der Waals surface area contributed by atoms with Gasteiger partial charge >= 0.3 is 0 Å². The maximum absolute atomic E-state index is 6.06. The molecule has 0 spiro atoms. The van der Waals surface area contributed by atoms with Crippen molar-refractivity contribution in [2.75, 3.05) is 7.11 Å². The molecule has 0 saturated carbocycles. The molecular weight excluding hydrogens is 278 g/mol. The van der Waals surface area contributed by atoms with Gasteiger partial charge in [0.15, 0.2) is 16.7 Å². The van der Waals surface area contributed by atoms with E-state index in [1.807, 2.05) is 30.3 Å². The maximum atomic E-state index is 6.06. The third kappa shape index (κ3) is 2.28. The van der Waals surface area contributed by atoms with Crippen LogP contribution in [-0.2, 0) is 6.61 Å². The number of hydrogen-bond acceptors (Lipinski definition) is 4. The van der Waals surface area contributed by atoms with Crippen LogP contribution < -0.4 is 9.47 Å². The molecule has 20 heavy (non-hydrogen) atoms. The minimum Gasteiger partial charge on any atom is -0.491 e. The fraction of sp³-hybridized carbons (Fsp3) is 0.143. The van der Waals surface area contributed by atoms with E-state index >= 15 is 0 Å². The SMILES string of the molecule is COc1c(OCc2ccccc2)cn2ncnc(Cl)c12. The molecule has 5 nitrogen and oxygen atoms in total. The predicted molar refractivity (Wildman–Crippen MR) is 75.3 cm³/mol. The topological polar surface area (TPSA) is 48.7 Å². The molecule has 0 aliphatic heterocycles. The first kappa shape index (κ1) is 12.7. The molecule has 0 aliphatic rings. The van der Waals surface area contributed by atoms with Crippen LogP contribution in [0, 0.1) is 0 Å². The average molecular weight is 290 g/mol. The summed E-state index contributed by atoms with van der Waals surface area (Å²) in [7, 11) is 1.56. The van der Waals surface area contributed by atoms with E-state index in [-0.39, 0.29) is 0 Å². The molecule has 3 aromatic rings. The Morgan fingerprint density at radius 1 is 1.25 bits per heavy atom. The molecule has 0 radical (unpaired) electrons. The van der Waals surface area contributed by atoms with Crippen LogP contribution in [0.2, 0.25) is 5.15 Å². The van der Waals surface area contributed by atoms with Gasteiger partial charge in [-0.25, -0.2) is 9.50 Å². The van der Waals surface area contributed by atoms with Crippen molar-refractivity contribution in [3.8, 4) is 11.5 Å². The first-order valence-corrected chi connectivity index (χ1v) is 6.40. The fourth-order valence-electron chi connectivity index (χ4n) is 1.96. The molecule has 0 fully saturated rings. The smallest absolute Gasteiger partial charge is 0.191 e. The van der Waals surface area contributed by atoms with Gasteiger partial charge in [-0.2, -0.15) is 5.10 Å². The Bertz CT molecular complexity index is 728. The van der Waals surface area contributed by atoms with E-state index in [1.54, 1.807) is 17.8 Å². The highest BCUT2D eigenvalue weighted by Crippen LogP contribution is 2.36. The van der Waals surface area contributed by atoms with Gasteiger partial charge in [0.1, 0.15) is 18.5 Å². The summed E-state index contributed by atoms with van der Waals surface area (Å²) in [6, 6.07) is 9.89. The third-order valence-electron chi connectivity index (χ3n) is 2.89. The highest BCUT2D eigenvalue weighted by Gasteiger charge is 2.17. The van der Waals surface area contributed by atoms with Gasteiger partial charge in [0.2, 0.25) is 0 Å². The van der Waals surface area contributed by atoms with Crippen molar-refractivity contribution in [2.24, 2.45) is 0 Å². The lowest BCUT2D eigenvalue weighted by molar-refractivity contribution is 0.287. The number of nitrogens with zero attached hydrogens (tertiary/aromatic N) is 3. The van der Waals surface area contributed by atoms with Gasteiger partial charge in [-0.1, -0.05) is 41.9 Å². The van der Waals surface area contributed by atoms with Crippen molar-refractivity contribution < 1.29 is 9.47 Å². The molecule has 102 valence electrons.